The fourth-order valence-corrected chi connectivity index (χ4v) is 3.28. The summed E-state index contributed by atoms with van der Waals surface area (Å²) in [6.07, 6.45) is 20.3. The molecule has 0 saturated heterocycles. The van der Waals surface area contributed by atoms with Crippen molar-refractivity contribution in [1.29, 1.82) is 0 Å². The predicted octanol–water partition coefficient (Wildman–Crippen LogP) is 7.53. The van der Waals surface area contributed by atoms with Crippen LogP contribution in [0.3, 0.4) is 0 Å². The van der Waals surface area contributed by atoms with E-state index in [-0.39, 0.29) is 12.2 Å². The number of hydrogen-bond acceptors (Lipinski definition) is 3. The molecule has 2 unspecified atom stereocenters. The van der Waals surface area contributed by atoms with Gasteiger partial charge in [-0.25, -0.2) is 0 Å². The van der Waals surface area contributed by atoms with Gasteiger partial charge in [-0.1, -0.05) is 82.9 Å². The van der Waals surface area contributed by atoms with Gasteiger partial charge in [-0.05, 0) is 51.4 Å². The Labute approximate surface area is 184 Å². The Balaban J connectivity index is 3.90. The largest absolute Gasteiger partial charge is 0.352 e. The maximum Gasteiger partial charge on any atom is 0.149 e. The first-order chi connectivity index (χ1) is 13.3. The Morgan fingerprint density at radius 1 is 0.630 bits per heavy atom. The second-order valence-electron chi connectivity index (χ2n) is 6.65. The number of rotatable bonds is 20. The zero-order valence-electron chi connectivity index (χ0n) is 17.3. The minimum absolute atomic E-state index is 0.273. The van der Waals surface area contributed by atoms with Gasteiger partial charge in [0, 0.05) is 10.7 Å². The number of halogens is 2. The van der Waals surface area contributed by atoms with Gasteiger partial charge in [0.2, 0.25) is 0 Å². The van der Waals surface area contributed by atoms with Gasteiger partial charge >= 0.3 is 0 Å². The normalized spacial score (nSPS) is 14.4. The van der Waals surface area contributed by atoms with E-state index in [9.17, 15) is 0 Å². The molecule has 0 radical (unpaired) electrons. The van der Waals surface area contributed by atoms with Crippen molar-refractivity contribution in [2.75, 3.05) is 24.2 Å². The summed E-state index contributed by atoms with van der Waals surface area (Å²) in [4.78, 5) is 0. The summed E-state index contributed by atoms with van der Waals surface area (Å²) >= 11 is 6.88. The van der Waals surface area contributed by atoms with E-state index in [1.165, 1.54) is 0 Å². The van der Waals surface area contributed by atoms with E-state index < -0.39 is 0 Å². The van der Waals surface area contributed by atoms with Crippen LogP contribution in [0.1, 0.15) is 78.1 Å². The lowest BCUT2D eigenvalue weighted by Crippen LogP contribution is -2.18. The summed E-state index contributed by atoms with van der Waals surface area (Å²) in [6, 6.07) is 0. The molecule has 0 saturated carbocycles. The van der Waals surface area contributed by atoms with Crippen LogP contribution in [0.15, 0.2) is 24.3 Å². The van der Waals surface area contributed by atoms with Crippen LogP contribution in [0.25, 0.3) is 0 Å². The van der Waals surface area contributed by atoms with Crippen molar-refractivity contribution in [2.24, 2.45) is 0 Å². The minimum atomic E-state index is 0.273. The lowest BCUT2D eigenvalue weighted by molar-refractivity contribution is -0.167. The van der Waals surface area contributed by atoms with Crippen LogP contribution in [0.4, 0.5) is 0 Å². The summed E-state index contributed by atoms with van der Waals surface area (Å²) in [7, 11) is 0. The maximum absolute atomic E-state index is 5.90. The van der Waals surface area contributed by atoms with Gasteiger partial charge in [0.25, 0.3) is 0 Å². The molecule has 27 heavy (non-hydrogen) atoms. The van der Waals surface area contributed by atoms with Gasteiger partial charge in [-0.3, -0.25) is 0 Å². The summed E-state index contributed by atoms with van der Waals surface area (Å²) in [5.74, 6) is 0. The van der Waals surface area contributed by atoms with E-state index >= 15 is 0 Å². The van der Waals surface area contributed by atoms with E-state index in [4.69, 9.17) is 14.2 Å². The summed E-state index contributed by atoms with van der Waals surface area (Å²) < 4.78 is 17.4. The van der Waals surface area contributed by atoms with E-state index in [0.717, 1.165) is 74.9 Å². The molecule has 0 aliphatic carbocycles. The van der Waals surface area contributed by atoms with Crippen molar-refractivity contribution in [3.05, 3.63) is 24.3 Å². The van der Waals surface area contributed by atoms with Crippen LogP contribution in [-0.2, 0) is 14.2 Å². The third-order valence-corrected chi connectivity index (χ3v) is 5.11. The fraction of sp³-hybridized carbons (Fsp3) is 0.818. The van der Waals surface area contributed by atoms with Crippen LogP contribution >= 0.6 is 31.9 Å². The Hall–Kier alpha value is 0.320. The summed E-state index contributed by atoms with van der Waals surface area (Å²) in [6.45, 7) is 5.03. The van der Waals surface area contributed by atoms with Crippen LogP contribution in [-0.4, -0.2) is 36.5 Å². The van der Waals surface area contributed by atoms with Gasteiger partial charge in [0.1, 0.15) is 13.6 Å². The third kappa shape index (κ3) is 19.4. The number of hydrogen-bond donors (Lipinski definition) is 0. The highest BCUT2D eigenvalue weighted by Crippen LogP contribution is 2.12. The topological polar surface area (TPSA) is 27.7 Å². The van der Waals surface area contributed by atoms with Gasteiger partial charge < -0.3 is 14.2 Å². The van der Waals surface area contributed by atoms with Gasteiger partial charge in [0.15, 0.2) is 0 Å². The van der Waals surface area contributed by atoms with Crippen LogP contribution in [0, 0.1) is 0 Å². The number of allylic oxidation sites excluding steroid dienone is 4. The monoisotopic (exact) mass is 510 g/mol. The zero-order chi connectivity index (χ0) is 20.0. The van der Waals surface area contributed by atoms with Crippen molar-refractivity contribution in [3.63, 3.8) is 0 Å². The molecule has 160 valence electrons. The Kier molecular flexibility index (Phi) is 22.9. The molecule has 0 aromatic rings. The van der Waals surface area contributed by atoms with Crippen molar-refractivity contribution in [2.45, 2.75) is 90.3 Å². The highest BCUT2D eigenvalue weighted by molar-refractivity contribution is 9.09. The quantitative estimate of drug-likeness (QED) is 0.0731. The van der Waals surface area contributed by atoms with Crippen LogP contribution in [0.5, 0.6) is 0 Å². The SMILES string of the molecule is CCCC(CC/C=C\CCBr)OCOCOC(CCC)CC/C=C\CCBr. The lowest BCUT2D eigenvalue weighted by Gasteiger charge is -2.19. The maximum atomic E-state index is 5.90. The molecule has 0 aliphatic rings. The van der Waals surface area contributed by atoms with E-state index in [0.29, 0.717) is 13.6 Å². The number of alkyl halides is 2. The molecular formula is C22H40Br2O3. The molecule has 0 rings (SSSR count). The first kappa shape index (κ1) is 27.3. The molecule has 0 amide bonds. The van der Waals surface area contributed by atoms with E-state index in [2.05, 4.69) is 70.0 Å². The molecule has 2 atom stereocenters. The molecule has 0 bridgehead atoms. The molecule has 0 spiro atoms. The molecule has 3 nitrogen and oxygen atoms in total. The average molecular weight is 512 g/mol. The van der Waals surface area contributed by atoms with Crippen molar-refractivity contribution < 1.29 is 14.2 Å². The Bertz CT molecular complexity index is 316. The highest BCUT2D eigenvalue weighted by Gasteiger charge is 2.09. The first-order valence-corrected chi connectivity index (χ1v) is 12.8. The standard InChI is InChI=1S/C22H40Br2O3/c1-3-13-21(15-9-5-7-11-17-23)26-19-25-20-27-22(14-4-2)16-10-6-8-12-18-24/h5-8,21-22H,3-4,9-20H2,1-2H3/b7-5-,8-6-. The second-order valence-corrected chi connectivity index (χ2v) is 8.23. The second kappa shape index (κ2) is 22.6. The van der Waals surface area contributed by atoms with Crippen molar-refractivity contribution in [3.8, 4) is 0 Å². The van der Waals surface area contributed by atoms with Crippen molar-refractivity contribution >= 4 is 31.9 Å². The van der Waals surface area contributed by atoms with Crippen LogP contribution < -0.4 is 0 Å². The summed E-state index contributed by atoms with van der Waals surface area (Å²) in [5, 5.41) is 2.05. The van der Waals surface area contributed by atoms with E-state index in [1.807, 2.05) is 0 Å². The molecule has 0 aliphatic heterocycles. The van der Waals surface area contributed by atoms with Gasteiger partial charge in [-0.15, -0.1) is 0 Å². The third-order valence-electron chi connectivity index (χ3n) is 4.19. The van der Waals surface area contributed by atoms with E-state index in [1.54, 1.807) is 0 Å². The number of ether oxygens (including phenoxy) is 3. The highest BCUT2D eigenvalue weighted by atomic mass is 79.9. The molecule has 0 N–H and O–H groups in total. The summed E-state index contributed by atoms with van der Waals surface area (Å²) in [5.41, 5.74) is 0. The smallest absolute Gasteiger partial charge is 0.149 e. The molecule has 0 heterocycles. The molecule has 0 aromatic heterocycles. The lowest BCUT2D eigenvalue weighted by atomic mass is 10.1. The first-order valence-electron chi connectivity index (χ1n) is 10.5. The van der Waals surface area contributed by atoms with Gasteiger partial charge in [0.05, 0.1) is 12.2 Å². The van der Waals surface area contributed by atoms with Crippen LogP contribution in [0.2, 0.25) is 0 Å². The Morgan fingerprint density at radius 3 is 1.41 bits per heavy atom. The average Bonchev–Trinajstić information content (AvgIpc) is 2.67. The van der Waals surface area contributed by atoms with Crippen molar-refractivity contribution in [1.82, 2.24) is 0 Å². The Morgan fingerprint density at radius 2 is 1.04 bits per heavy atom. The molecule has 0 fully saturated rings. The molecule has 5 heteroatoms. The zero-order valence-corrected chi connectivity index (χ0v) is 20.5. The minimum Gasteiger partial charge on any atom is -0.352 e. The molecular weight excluding hydrogens is 472 g/mol. The molecule has 0 aromatic carbocycles. The fourth-order valence-electron chi connectivity index (χ4n) is 2.75. The van der Waals surface area contributed by atoms with Gasteiger partial charge in [-0.2, -0.15) is 0 Å². The predicted molar refractivity (Wildman–Crippen MR) is 124 cm³/mol.